The van der Waals surface area contributed by atoms with Crippen molar-refractivity contribution in [3.8, 4) is 6.07 Å². The molecule has 0 aliphatic heterocycles. The van der Waals surface area contributed by atoms with Gasteiger partial charge in [0.1, 0.15) is 5.82 Å². The maximum atomic E-state index is 12.4. The maximum absolute atomic E-state index is 12.4. The molecule has 7 nitrogen and oxygen atoms in total. The maximum Gasteiger partial charge on any atom is 0.263 e. The molecule has 2 N–H and O–H groups in total. The number of benzene rings is 2. The van der Waals surface area contributed by atoms with Crippen molar-refractivity contribution in [3.63, 3.8) is 0 Å². The number of hydrogen-bond acceptors (Lipinski definition) is 6. The van der Waals surface area contributed by atoms with Gasteiger partial charge in [-0.15, -0.1) is 0 Å². The number of aryl methyl sites for hydroxylation is 1. The number of rotatable bonds is 5. The highest BCUT2D eigenvalue weighted by molar-refractivity contribution is 7.92. The van der Waals surface area contributed by atoms with Gasteiger partial charge in [-0.2, -0.15) is 10.2 Å². The van der Waals surface area contributed by atoms with Gasteiger partial charge in [-0.25, -0.2) is 13.4 Å². The van der Waals surface area contributed by atoms with E-state index < -0.39 is 10.0 Å². The lowest BCUT2D eigenvalue weighted by atomic mass is 10.2. The quantitative estimate of drug-likeness (QED) is 0.719. The van der Waals surface area contributed by atoms with Gasteiger partial charge in [0.15, 0.2) is 0 Å². The molecule has 0 radical (unpaired) electrons. The van der Waals surface area contributed by atoms with E-state index >= 15 is 0 Å². The van der Waals surface area contributed by atoms with Gasteiger partial charge in [-0.3, -0.25) is 4.72 Å². The number of nitriles is 1. The molecule has 0 unspecified atom stereocenters. The molecule has 1 heterocycles. The molecule has 0 aliphatic carbocycles. The molecule has 0 aliphatic rings. The van der Waals surface area contributed by atoms with Gasteiger partial charge in [0.2, 0.25) is 5.95 Å². The zero-order valence-electron chi connectivity index (χ0n) is 13.8. The minimum atomic E-state index is -3.73. The van der Waals surface area contributed by atoms with Gasteiger partial charge in [0, 0.05) is 11.9 Å². The molecular formula is C18H15N5O2S. The first-order valence-electron chi connectivity index (χ1n) is 7.66. The van der Waals surface area contributed by atoms with E-state index in [9.17, 15) is 8.42 Å². The predicted octanol–water partition coefficient (Wildman–Crippen LogP) is 3.20. The number of anilines is 3. The molecule has 0 bridgehead atoms. The molecule has 0 atom stereocenters. The summed E-state index contributed by atoms with van der Waals surface area (Å²) in [5.74, 6) is 0.385. The van der Waals surface area contributed by atoms with Crippen molar-refractivity contribution >= 4 is 27.5 Å². The predicted molar refractivity (Wildman–Crippen MR) is 98.5 cm³/mol. The van der Waals surface area contributed by atoms with Crippen LogP contribution in [-0.2, 0) is 10.0 Å². The van der Waals surface area contributed by atoms with Crippen LogP contribution in [-0.4, -0.2) is 18.4 Å². The van der Waals surface area contributed by atoms with E-state index in [2.05, 4.69) is 20.0 Å². The number of nitrogens with one attached hydrogen (secondary N) is 2. The third-order valence-electron chi connectivity index (χ3n) is 3.50. The Morgan fingerprint density at radius 3 is 2.35 bits per heavy atom. The summed E-state index contributed by atoms with van der Waals surface area (Å²) in [7, 11) is -3.73. The molecule has 2 aromatic carbocycles. The fraction of sp³-hybridized carbons (Fsp3) is 0.0556. The summed E-state index contributed by atoms with van der Waals surface area (Å²) in [4.78, 5) is 8.39. The van der Waals surface area contributed by atoms with Crippen LogP contribution < -0.4 is 10.0 Å². The van der Waals surface area contributed by atoms with Crippen LogP contribution in [0.15, 0.2) is 65.7 Å². The van der Waals surface area contributed by atoms with Gasteiger partial charge in [-0.1, -0.05) is 17.7 Å². The Hall–Kier alpha value is -3.44. The van der Waals surface area contributed by atoms with Crippen LogP contribution in [0, 0.1) is 18.3 Å². The smallest absolute Gasteiger partial charge is 0.263 e. The van der Waals surface area contributed by atoms with E-state index in [1.54, 1.807) is 36.4 Å². The molecule has 0 saturated carbocycles. The second-order valence-electron chi connectivity index (χ2n) is 5.50. The summed E-state index contributed by atoms with van der Waals surface area (Å²) in [5, 5.41) is 11.8. The minimum absolute atomic E-state index is 0.150. The Kier molecular flexibility index (Phi) is 4.82. The van der Waals surface area contributed by atoms with Crippen molar-refractivity contribution in [2.75, 3.05) is 10.0 Å². The summed E-state index contributed by atoms with van der Waals surface area (Å²) in [6.45, 7) is 1.88. The van der Waals surface area contributed by atoms with Crippen LogP contribution >= 0.6 is 0 Å². The van der Waals surface area contributed by atoms with Gasteiger partial charge in [0.05, 0.1) is 16.5 Å². The highest BCUT2D eigenvalue weighted by Gasteiger charge is 2.15. The van der Waals surface area contributed by atoms with Crippen molar-refractivity contribution in [2.24, 2.45) is 0 Å². The lowest BCUT2D eigenvalue weighted by molar-refractivity contribution is 0.601. The lowest BCUT2D eigenvalue weighted by Gasteiger charge is -2.09. The van der Waals surface area contributed by atoms with Gasteiger partial charge < -0.3 is 5.32 Å². The van der Waals surface area contributed by atoms with E-state index in [1.807, 2.05) is 13.0 Å². The first kappa shape index (κ1) is 17.4. The van der Waals surface area contributed by atoms with E-state index in [4.69, 9.17) is 5.26 Å². The lowest BCUT2D eigenvalue weighted by Crippen LogP contribution is -2.14. The average Bonchev–Trinajstić information content (AvgIpc) is 2.63. The van der Waals surface area contributed by atoms with Crippen molar-refractivity contribution < 1.29 is 8.42 Å². The van der Waals surface area contributed by atoms with E-state index in [0.29, 0.717) is 11.3 Å². The number of nitrogens with zero attached hydrogens (tertiary/aromatic N) is 3. The molecule has 130 valence electrons. The van der Waals surface area contributed by atoms with Gasteiger partial charge in [0.25, 0.3) is 10.0 Å². The van der Waals surface area contributed by atoms with E-state index in [-0.39, 0.29) is 16.7 Å². The largest absolute Gasteiger partial charge is 0.324 e. The van der Waals surface area contributed by atoms with E-state index in [0.717, 1.165) is 5.56 Å². The van der Waals surface area contributed by atoms with Gasteiger partial charge >= 0.3 is 0 Å². The molecule has 26 heavy (non-hydrogen) atoms. The topological polar surface area (TPSA) is 108 Å². The Bertz CT molecular complexity index is 1060. The van der Waals surface area contributed by atoms with Crippen molar-refractivity contribution in [1.82, 2.24) is 9.97 Å². The third kappa shape index (κ3) is 4.15. The zero-order chi connectivity index (χ0) is 18.6. The Balaban J connectivity index is 1.78. The first-order chi connectivity index (χ1) is 12.5. The zero-order valence-corrected chi connectivity index (χ0v) is 14.7. The summed E-state index contributed by atoms with van der Waals surface area (Å²) < 4.78 is 27.3. The molecular weight excluding hydrogens is 350 g/mol. The highest BCUT2D eigenvalue weighted by Crippen LogP contribution is 2.18. The fourth-order valence-electron chi connectivity index (χ4n) is 2.15. The average molecular weight is 365 g/mol. The minimum Gasteiger partial charge on any atom is -0.324 e. The molecule has 0 saturated heterocycles. The second-order valence-corrected chi connectivity index (χ2v) is 7.18. The second kappa shape index (κ2) is 7.21. The molecule has 3 aromatic rings. The van der Waals surface area contributed by atoms with E-state index in [1.165, 1.54) is 24.4 Å². The molecule has 8 heteroatoms. The van der Waals surface area contributed by atoms with Gasteiger partial charge in [-0.05, 0) is 49.4 Å². The fourth-order valence-corrected chi connectivity index (χ4v) is 3.15. The molecule has 3 rings (SSSR count). The number of sulfonamides is 1. The highest BCUT2D eigenvalue weighted by atomic mass is 32.2. The van der Waals surface area contributed by atoms with Crippen LogP contribution in [0.5, 0.6) is 0 Å². The summed E-state index contributed by atoms with van der Waals surface area (Å²) in [5.41, 5.74) is 2.19. The SMILES string of the molecule is Cc1ccc(S(=O)(=O)Nc2ccnc(Nc3ccc(C#N)cc3)n2)cc1. The van der Waals surface area contributed by atoms with Crippen LogP contribution in [0.3, 0.4) is 0 Å². The summed E-state index contributed by atoms with van der Waals surface area (Å²) >= 11 is 0. The number of aromatic nitrogens is 2. The van der Waals surface area contributed by atoms with Crippen LogP contribution in [0.25, 0.3) is 0 Å². The Morgan fingerprint density at radius 2 is 1.69 bits per heavy atom. The standard InChI is InChI=1S/C18H15N5O2S/c1-13-2-8-16(9-3-13)26(24,25)23-17-10-11-20-18(22-17)21-15-6-4-14(12-19)5-7-15/h2-11H,1H3,(H2,20,21,22,23). The Morgan fingerprint density at radius 1 is 1.00 bits per heavy atom. The molecule has 1 aromatic heterocycles. The summed E-state index contributed by atoms with van der Waals surface area (Å²) in [6, 6.07) is 16.8. The molecule has 0 fully saturated rings. The normalized spacial score (nSPS) is 10.8. The van der Waals surface area contributed by atoms with Crippen LogP contribution in [0.1, 0.15) is 11.1 Å². The third-order valence-corrected chi connectivity index (χ3v) is 4.87. The summed E-state index contributed by atoms with van der Waals surface area (Å²) in [6.07, 6.45) is 1.45. The monoisotopic (exact) mass is 365 g/mol. The van der Waals surface area contributed by atoms with Crippen molar-refractivity contribution in [2.45, 2.75) is 11.8 Å². The van der Waals surface area contributed by atoms with Crippen molar-refractivity contribution in [1.29, 1.82) is 5.26 Å². The molecule has 0 spiro atoms. The molecule has 0 amide bonds. The Labute approximate surface area is 151 Å². The van der Waals surface area contributed by atoms with Crippen molar-refractivity contribution in [3.05, 3.63) is 71.9 Å². The first-order valence-corrected chi connectivity index (χ1v) is 9.14. The van der Waals surface area contributed by atoms with Crippen LogP contribution in [0.4, 0.5) is 17.5 Å². The van der Waals surface area contributed by atoms with Crippen LogP contribution in [0.2, 0.25) is 0 Å². The number of hydrogen-bond donors (Lipinski definition) is 2.